The van der Waals surface area contributed by atoms with Crippen molar-refractivity contribution in [2.45, 2.75) is 6.92 Å². The van der Waals surface area contributed by atoms with Crippen molar-refractivity contribution in [3.63, 3.8) is 0 Å². The summed E-state index contributed by atoms with van der Waals surface area (Å²) < 4.78 is 1.86. The highest BCUT2D eigenvalue weighted by Gasteiger charge is 2.14. The van der Waals surface area contributed by atoms with E-state index >= 15 is 0 Å². The fourth-order valence-electron chi connectivity index (χ4n) is 2.80. The monoisotopic (exact) mass is 283 g/mol. The van der Waals surface area contributed by atoms with Crippen LogP contribution in [0.3, 0.4) is 0 Å². The van der Waals surface area contributed by atoms with Crippen molar-refractivity contribution in [3.8, 4) is 17.3 Å². The summed E-state index contributed by atoms with van der Waals surface area (Å²) in [5.41, 5.74) is 4.18. The highest BCUT2D eigenvalue weighted by Crippen LogP contribution is 2.27. The average Bonchev–Trinajstić information content (AvgIpc) is 2.92. The van der Waals surface area contributed by atoms with E-state index in [-0.39, 0.29) is 0 Å². The van der Waals surface area contributed by atoms with Crippen LogP contribution in [0, 0.1) is 18.3 Å². The minimum absolute atomic E-state index is 0.578. The van der Waals surface area contributed by atoms with Gasteiger partial charge in [0.05, 0.1) is 0 Å². The van der Waals surface area contributed by atoms with Crippen LogP contribution in [0.2, 0.25) is 0 Å². The largest absolute Gasteiger partial charge is 0.290 e. The standard InChI is InChI=1S/C19H13N3/c1-13-6-9-18-21-19(17(11-20)22(18)12-13)16-8-7-14-4-2-3-5-15(14)10-16/h2-10,12H,1H3. The maximum absolute atomic E-state index is 9.56. The Morgan fingerprint density at radius 1 is 1.00 bits per heavy atom. The molecule has 0 N–H and O–H groups in total. The first-order valence-electron chi connectivity index (χ1n) is 7.14. The summed E-state index contributed by atoms with van der Waals surface area (Å²) in [6.45, 7) is 2.01. The molecule has 0 fully saturated rings. The van der Waals surface area contributed by atoms with Gasteiger partial charge in [0.1, 0.15) is 17.4 Å². The van der Waals surface area contributed by atoms with E-state index in [1.807, 2.05) is 47.9 Å². The normalized spacial score (nSPS) is 10.9. The van der Waals surface area contributed by atoms with E-state index in [1.54, 1.807) is 0 Å². The molecule has 22 heavy (non-hydrogen) atoms. The number of fused-ring (bicyclic) bond motifs is 2. The maximum atomic E-state index is 9.56. The Morgan fingerprint density at radius 3 is 2.64 bits per heavy atom. The van der Waals surface area contributed by atoms with E-state index in [4.69, 9.17) is 0 Å². The van der Waals surface area contributed by atoms with Crippen LogP contribution in [0.4, 0.5) is 0 Å². The Morgan fingerprint density at radius 2 is 1.82 bits per heavy atom. The van der Waals surface area contributed by atoms with E-state index in [9.17, 15) is 5.26 Å². The molecule has 2 heterocycles. The topological polar surface area (TPSA) is 41.1 Å². The molecule has 0 saturated carbocycles. The number of hydrogen-bond donors (Lipinski definition) is 0. The zero-order valence-corrected chi connectivity index (χ0v) is 12.1. The lowest BCUT2D eigenvalue weighted by molar-refractivity contribution is 1.13. The van der Waals surface area contributed by atoms with Crippen LogP contribution in [0.5, 0.6) is 0 Å². The fraction of sp³-hybridized carbons (Fsp3) is 0.0526. The summed E-state index contributed by atoms with van der Waals surface area (Å²) in [6, 6.07) is 20.6. The predicted octanol–water partition coefficient (Wildman–Crippen LogP) is 4.33. The van der Waals surface area contributed by atoms with Gasteiger partial charge in [0.25, 0.3) is 0 Å². The molecule has 3 heteroatoms. The molecule has 0 bridgehead atoms. The van der Waals surface area contributed by atoms with E-state index in [0.717, 1.165) is 27.9 Å². The fourth-order valence-corrected chi connectivity index (χ4v) is 2.80. The number of hydrogen-bond acceptors (Lipinski definition) is 2. The quantitative estimate of drug-likeness (QED) is 0.521. The van der Waals surface area contributed by atoms with Gasteiger partial charge in [-0.2, -0.15) is 5.26 Å². The SMILES string of the molecule is Cc1ccc2nc(-c3ccc4ccccc4c3)c(C#N)n2c1. The first-order valence-corrected chi connectivity index (χ1v) is 7.14. The maximum Gasteiger partial charge on any atom is 0.152 e. The van der Waals surface area contributed by atoms with Gasteiger partial charge in [-0.25, -0.2) is 4.98 Å². The summed E-state index contributed by atoms with van der Waals surface area (Å²) in [4.78, 5) is 4.64. The molecule has 2 aromatic carbocycles. The minimum atomic E-state index is 0.578. The van der Waals surface area contributed by atoms with E-state index < -0.39 is 0 Å². The molecule has 104 valence electrons. The summed E-state index contributed by atoms with van der Waals surface area (Å²) >= 11 is 0. The Hall–Kier alpha value is -3.12. The number of benzene rings is 2. The van der Waals surface area contributed by atoms with Crippen molar-refractivity contribution in [3.05, 3.63) is 72.1 Å². The zero-order chi connectivity index (χ0) is 15.1. The molecule has 0 spiro atoms. The minimum Gasteiger partial charge on any atom is -0.290 e. The predicted molar refractivity (Wildman–Crippen MR) is 87.6 cm³/mol. The lowest BCUT2D eigenvalue weighted by Gasteiger charge is -2.01. The molecule has 0 atom stereocenters. The van der Waals surface area contributed by atoms with E-state index in [1.165, 1.54) is 5.39 Å². The van der Waals surface area contributed by atoms with Crippen molar-refractivity contribution < 1.29 is 0 Å². The molecular formula is C19H13N3. The number of pyridine rings is 1. The molecular weight excluding hydrogens is 270 g/mol. The molecule has 2 aromatic heterocycles. The van der Waals surface area contributed by atoms with Gasteiger partial charge in [-0.05, 0) is 35.4 Å². The first kappa shape index (κ1) is 12.6. The van der Waals surface area contributed by atoms with Crippen LogP contribution in [0.1, 0.15) is 11.3 Å². The van der Waals surface area contributed by atoms with Crippen molar-refractivity contribution >= 4 is 16.4 Å². The molecule has 0 amide bonds. The van der Waals surface area contributed by atoms with Crippen molar-refractivity contribution in [2.75, 3.05) is 0 Å². The summed E-state index contributed by atoms with van der Waals surface area (Å²) in [5, 5.41) is 11.9. The van der Waals surface area contributed by atoms with Crippen molar-refractivity contribution in [1.29, 1.82) is 5.26 Å². The average molecular weight is 283 g/mol. The van der Waals surface area contributed by atoms with Crippen LogP contribution in [-0.4, -0.2) is 9.38 Å². The number of nitriles is 1. The van der Waals surface area contributed by atoms with Crippen LogP contribution >= 0.6 is 0 Å². The molecule has 4 aromatic rings. The van der Waals surface area contributed by atoms with Gasteiger partial charge in [0, 0.05) is 11.8 Å². The summed E-state index contributed by atoms with van der Waals surface area (Å²) in [6.07, 6.45) is 1.95. The van der Waals surface area contributed by atoms with Gasteiger partial charge in [0.2, 0.25) is 0 Å². The second-order valence-electron chi connectivity index (χ2n) is 5.42. The van der Waals surface area contributed by atoms with E-state index in [2.05, 4.69) is 35.3 Å². The number of rotatable bonds is 1. The molecule has 0 unspecified atom stereocenters. The molecule has 4 rings (SSSR count). The van der Waals surface area contributed by atoms with Crippen molar-refractivity contribution in [1.82, 2.24) is 9.38 Å². The third-order valence-electron chi connectivity index (χ3n) is 3.90. The highest BCUT2D eigenvalue weighted by atomic mass is 15.0. The summed E-state index contributed by atoms with van der Waals surface area (Å²) in [5.74, 6) is 0. The zero-order valence-electron chi connectivity index (χ0n) is 12.1. The molecule has 0 aliphatic rings. The van der Waals surface area contributed by atoms with Crippen LogP contribution in [0.25, 0.3) is 27.7 Å². The van der Waals surface area contributed by atoms with Crippen LogP contribution < -0.4 is 0 Å². The molecule has 0 radical (unpaired) electrons. The third-order valence-corrected chi connectivity index (χ3v) is 3.90. The van der Waals surface area contributed by atoms with Crippen LogP contribution in [0.15, 0.2) is 60.8 Å². The Kier molecular flexibility index (Phi) is 2.70. The number of aryl methyl sites for hydroxylation is 1. The second-order valence-corrected chi connectivity index (χ2v) is 5.42. The van der Waals surface area contributed by atoms with Gasteiger partial charge in [-0.1, -0.05) is 42.5 Å². The third kappa shape index (κ3) is 1.86. The van der Waals surface area contributed by atoms with E-state index in [0.29, 0.717) is 5.69 Å². The van der Waals surface area contributed by atoms with Gasteiger partial charge >= 0.3 is 0 Å². The molecule has 0 aliphatic heterocycles. The number of imidazole rings is 1. The van der Waals surface area contributed by atoms with Crippen LogP contribution in [-0.2, 0) is 0 Å². The number of nitrogens with zero attached hydrogens (tertiary/aromatic N) is 3. The van der Waals surface area contributed by atoms with Gasteiger partial charge in [0.15, 0.2) is 5.69 Å². The lowest BCUT2D eigenvalue weighted by Crippen LogP contribution is -1.90. The first-order chi connectivity index (χ1) is 10.8. The second kappa shape index (κ2) is 4.71. The summed E-state index contributed by atoms with van der Waals surface area (Å²) in [7, 11) is 0. The Bertz CT molecular complexity index is 1050. The highest BCUT2D eigenvalue weighted by molar-refractivity contribution is 5.87. The molecule has 0 saturated heterocycles. The molecule has 3 nitrogen and oxygen atoms in total. The van der Waals surface area contributed by atoms with Crippen molar-refractivity contribution in [2.24, 2.45) is 0 Å². The molecule has 0 aliphatic carbocycles. The van der Waals surface area contributed by atoms with Gasteiger partial charge in [-0.3, -0.25) is 4.40 Å². The Labute approximate surface area is 128 Å². The smallest absolute Gasteiger partial charge is 0.152 e. The Balaban J connectivity index is 2.01. The number of aromatic nitrogens is 2. The van der Waals surface area contributed by atoms with Gasteiger partial charge in [-0.15, -0.1) is 0 Å². The lowest BCUT2D eigenvalue weighted by atomic mass is 10.0. The van der Waals surface area contributed by atoms with Gasteiger partial charge < -0.3 is 0 Å².